The minimum absolute atomic E-state index is 0.145. The standard InChI is InChI=1S/C20H15N3O5S/c21-10-11-23(14-5-2-1-3-6-14)18(24)13-28-20(26)16-8-9-17(29-16)22-19(25)15-7-4-12-27-15/h1-9,12H,11,13H2,(H,22,25). The lowest BCUT2D eigenvalue weighted by atomic mass is 10.3. The zero-order valence-electron chi connectivity index (χ0n) is 15.0. The number of hydrogen-bond acceptors (Lipinski definition) is 7. The van der Waals surface area contributed by atoms with E-state index in [0.29, 0.717) is 10.7 Å². The van der Waals surface area contributed by atoms with Gasteiger partial charge in [0.1, 0.15) is 11.4 Å². The lowest BCUT2D eigenvalue weighted by Crippen LogP contribution is -2.35. The topological polar surface area (TPSA) is 113 Å². The maximum absolute atomic E-state index is 12.4. The van der Waals surface area contributed by atoms with Crippen molar-refractivity contribution in [1.29, 1.82) is 5.26 Å². The van der Waals surface area contributed by atoms with Crippen molar-refractivity contribution in [2.75, 3.05) is 23.4 Å². The van der Waals surface area contributed by atoms with Gasteiger partial charge in [-0.1, -0.05) is 18.2 Å². The molecule has 146 valence electrons. The quantitative estimate of drug-likeness (QED) is 0.473. The Morgan fingerprint density at radius 1 is 1.10 bits per heavy atom. The van der Waals surface area contributed by atoms with Crippen LogP contribution in [-0.4, -0.2) is 30.9 Å². The van der Waals surface area contributed by atoms with Gasteiger partial charge in [-0.05, 0) is 36.4 Å². The Hall–Kier alpha value is -3.90. The first-order valence-corrected chi connectivity index (χ1v) is 9.24. The minimum Gasteiger partial charge on any atom is -0.459 e. The SMILES string of the molecule is N#CCN(C(=O)COC(=O)c1ccc(NC(=O)c2ccco2)s1)c1ccccc1. The molecule has 0 aliphatic rings. The second kappa shape index (κ2) is 9.34. The Morgan fingerprint density at radius 3 is 2.59 bits per heavy atom. The summed E-state index contributed by atoms with van der Waals surface area (Å²) in [5.41, 5.74) is 0.536. The van der Waals surface area contributed by atoms with E-state index in [9.17, 15) is 14.4 Å². The van der Waals surface area contributed by atoms with Crippen molar-refractivity contribution in [3.8, 4) is 6.07 Å². The molecule has 0 aliphatic carbocycles. The second-order valence-corrected chi connectivity index (χ2v) is 6.73. The van der Waals surface area contributed by atoms with Crippen molar-refractivity contribution in [2.24, 2.45) is 0 Å². The summed E-state index contributed by atoms with van der Waals surface area (Å²) in [5, 5.41) is 12.0. The van der Waals surface area contributed by atoms with Crippen LogP contribution in [0.15, 0.2) is 65.3 Å². The third-order valence-corrected chi connectivity index (χ3v) is 4.69. The van der Waals surface area contributed by atoms with Crippen molar-refractivity contribution in [3.05, 3.63) is 71.5 Å². The van der Waals surface area contributed by atoms with E-state index in [1.807, 2.05) is 6.07 Å². The van der Waals surface area contributed by atoms with Gasteiger partial charge in [0.05, 0.1) is 17.3 Å². The molecule has 0 saturated heterocycles. The first-order chi connectivity index (χ1) is 14.1. The van der Waals surface area contributed by atoms with E-state index in [4.69, 9.17) is 14.4 Å². The molecule has 0 saturated carbocycles. The number of nitriles is 1. The van der Waals surface area contributed by atoms with Gasteiger partial charge in [-0.2, -0.15) is 5.26 Å². The molecule has 8 nitrogen and oxygen atoms in total. The highest BCUT2D eigenvalue weighted by Gasteiger charge is 2.19. The zero-order valence-corrected chi connectivity index (χ0v) is 15.8. The molecular formula is C20H15N3O5S. The van der Waals surface area contributed by atoms with Crippen LogP contribution in [0.1, 0.15) is 20.2 Å². The number of rotatable bonds is 7. The van der Waals surface area contributed by atoms with Gasteiger partial charge in [-0.25, -0.2) is 4.79 Å². The number of thiophene rings is 1. The van der Waals surface area contributed by atoms with Gasteiger partial charge >= 0.3 is 5.97 Å². The molecular weight excluding hydrogens is 394 g/mol. The lowest BCUT2D eigenvalue weighted by Gasteiger charge is -2.19. The average molecular weight is 409 g/mol. The Balaban J connectivity index is 1.57. The number of esters is 1. The van der Waals surface area contributed by atoms with E-state index < -0.39 is 24.4 Å². The number of furan rings is 1. The predicted octanol–water partition coefficient (Wildman–Crippen LogP) is 3.31. The summed E-state index contributed by atoms with van der Waals surface area (Å²) in [6.45, 7) is -0.677. The van der Waals surface area contributed by atoms with Crippen LogP contribution >= 0.6 is 11.3 Å². The number of hydrogen-bond donors (Lipinski definition) is 1. The van der Waals surface area contributed by atoms with Crippen LogP contribution in [0.3, 0.4) is 0 Å². The normalized spacial score (nSPS) is 10.0. The van der Waals surface area contributed by atoms with E-state index in [0.717, 1.165) is 11.3 Å². The van der Waals surface area contributed by atoms with Crippen molar-refractivity contribution in [1.82, 2.24) is 0 Å². The Kier molecular flexibility index (Phi) is 6.40. The highest BCUT2D eigenvalue weighted by Crippen LogP contribution is 2.23. The Bertz CT molecular complexity index is 1040. The summed E-state index contributed by atoms with van der Waals surface area (Å²) >= 11 is 1.01. The molecule has 0 fully saturated rings. The van der Waals surface area contributed by atoms with Gasteiger partial charge in [0.2, 0.25) is 0 Å². The molecule has 1 aromatic carbocycles. The molecule has 1 N–H and O–H groups in total. The molecule has 29 heavy (non-hydrogen) atoms. The average Bonchev–Trinajstić information content (AvgIpc) is 3.43. The number of amides is 2. The molecule has 0 radical (unpaired) electrons. The summed E-state index contributed by atoms with van der Waals surface area (Å²) in [4.78, 5) is 38.0. The van der Waals surface area contributed by atoms with Crippen LogP contribution in [0, 0.1) is 11.3 Å². The van der Waals surface area contributed by atoms with Crippen LogP contribution in [0.2, 0.25) is 0 Å². The zero-order chi connectivity index (χ0) is 20.6. The highest BCUT2D eigenvalue weighted by molar-refractivity contribution is 7.18. The van der Waals surface area contributed by atoms with Crippen molar-refractivity contribution in [2.45, 2.75) is 0 Å². The van der Waals surface area contributed by atoms with Gasteiger partial charge in [0.25, 0.3) is 11.8 Å². The van der Waals surface area contributed by atoms with Crippen molar-refractivity contribution < 1.29 is 23.5 Å². The van der Waals surface area contributed by atoms with Crippen LogP contribution in [-0.2, 0) is 9.53 Å². The minimum atomic E-state index is -0.702. The van der Waals surface area contributed by atoms with E-state index >= 15 is 0 Å². The third-order valence-electron chi connectivity index (χ3n) is 3.71. The van der Waals surface area contributed by atoms with E-state index in [1.54, 1.807) is 42.5 Å². The maximum Gasteiger partial charge on any atom is 0.348 e. The van der Waals surface area contributed by atoms with Crippen LogP contribution in [0.25, 0.3) is 0 Å². The summed E-state index contributed by atoms with van der Waals surface area (Å²) in [6.07, 6.45) is 1.38. The van der Waals surface area contributed by atoms with Gasteiger partial charge < -0.3 is 14.5 Å². The van der Waals surface area contributed by atoms with Gasteiger partial charge in [0, 0.05) is 5.69 Å². The predicted molar refractivity (Wildman–Crippen MR) is 106 cm³/mol. The summed E-state index contributed by atoms with van der Waals surface area (Å²) in [6, 6.07) is 16.7. The van der Waals surface area contributed by atoms with E-state index in [1.165, 1.54) is 23.3 Å². The number of anilines is 2. The Labute approximate surface area is 169 Å². The number of benzene rings is 1. The molecule has 0 aliphatic heterocycles. The molecule has 2 aromatic heterocycles. The number of nitrogens with zero attached hydrogens (tertiary/aromatic N) is 2. The first-order valence-electron chi connectivity index (χ1n) is 8.42. The highest BCUT2D eigenvalue weighted by atomic mass is 32.1. The molecule has 0 atom stereocenters. The monoisotopic (exact) mass is 409 g/mol. The molecule has 0 unspecified atom stereocenters. The molecule has 3 aromatic rings. The summed E-state index contributed by atoms with van der Waals surface area (Å²) in [7, 11) is 0. The number of ether oxygens (including phenoxy) is 1. The van der Waals surface area contributed by atoms with Gasteiger partial charge in [-0.3, -0.25) is 14.5 Å². The van der Waals surface area contributed by atoms with Crippen molar-refractivity contribution in [3.63, 3.8) is 0 Å². The number of nitrogens with one attached hydrogen (secondary N) is 1. The molecule has 0 spiro atoms. The Morgan fingerprint density at radius 2 is 1.90 bits per heavy atom. The van der Waals surface area contributed by atoms with Gasteiger partial charge in [0.15, 0.2) is 12.4 Å². The molecule has 2 amide bonds. The van der Waals surface area contributed by atoms with Crippen molar-refractivity contribution >= 4 is 39.8 Å². The smallest absolute Gasteiger partial charge is 0.348 e. The van der Waals surface area contributed by atoms with Crippen LogP contribution < -0.4 is 10.2 Å². The lowest BCUT2D eigenvalue weighted by molar-refractivity contribution is -0.121. The third kappa shape index (κ3) is 5.09. The first kappa shape index (κ1) is 19.9. The maximum atomic E-state index is 12.4. The van der Waals surface area contributed by atoms with E-state index in [-0.39, 0.29) is 17.2 Å². The second-order valence-electron chi connectivity index (χ2n) is 5.65. The fourth-order valence-electron chi connectivity index (χ4n) is 2.37. The molecule has 9 heteroatoms. The number of carbonyl (C=O) groups is 3. The fraction of sp³-hybridized carbons (Fsp3) is 0.100. The van der Waals surface area contributed by atoms with Gasteiger partial charge in [-0.15, -0.1) is 11.3 Å². The van der Waals surface area contributed by atoms with E-state index in [2.05, 4.69) is 5.32 Å². The largest absolute Gasteiger partial charge is 0.459 e. The number of para-hydroxylation sites is 1. The fourth-order valence-corrected chi connectivity index (χ4v) is 3.17. The molecule has 3 rings (SSSR count). The number of carbonyl (C=O) groups excluding carboxylic acids is 3. The van der Waals surface area contributed by atoms with Crippen LogP contribution in [0.5, 0.6) is 0 Å². The van der Waals surface area contributed by atoms with Crippen LogP contribution in [0.4, 0.5) is 10.7 Å². The molecule has 2 heterocycles. The summed E-state index contributed by atoms with van der Waals surface area (Å²) < 4.78 is 10.1. The molecule has 0 bridgehead atoms. The summed E-state index contributed by atoms with van der Waals surface area (Å²) in [5.74, 6) is -1.52.